The molecule has 0 spiro atoms. The van der Waals surface area contributed by atoms with Gasteiger partial charge in [0.25, 0.3) is 0 Å². The standard InChI is InChI=1S/C14H26N2O3/c1-10(2)8-11(3)15-13(19)16-14(9-12(17)18)6-4-5-7-14/h10-11H,4-9H2,1-3H3,(H,17,18)(H2,15,16,19). The molecule has 1 unspecified atom stereocenters. The minimum Gasteiger partial charge on any atom is -0.481 e. The summed E-state index contributed by atoms with van der Waals surface area (Å²) in [7, 11) is 0. The van der Waals surface area contributed by atoms with Crippen LogP contribution in [0.5, 0.6) is 0 Å². The second-order valence-electron chi connectivity index (χ2n) is 6.19. The minimum atomic E-state index is -0.850. The van der Waals surface area contributed by atoms with E-state index in [9.17, 15) is 9.59 Å². The van der Waals surface area contributed by atoms with E-state index in [1.165, 1.54) is 0 Å². The van der Waals surface area contributed by atoms with Crippen LogP contribution < -0.4 is 10.6 Å². The van der Waals surface area contributed by atoms with Crippen molar-refractivity contribution in [3.63, 3.8) is 0 Å². The van der Waals surface area contributed by atoms with Crippen molar-refractivity contribution in [3.05, 3.63) is 0 Å². The molecular weight excluding hydrogens is 244 g/mol. The van der Waals surface area contributed by atoms with Crippen molar-refractivity contribution in [2.45, 2.75) is 70.9 Å². The first-order chi connectivity index (χ1) is 8.83. The lowest BCUT2D eigenvalue weighted by atomic mass is 9.93. The molecule has 5 heteroatoms. The van der Waals surface area contributed by atoms with Gasteiger partial charge in [-0.15, -0.1) is 0 Å². The van der Waals surface area contributed by atoms with E-state index in [1.54, 1.807) is 0 Å². The first-order valence-electron chi connectivity index (χ1n) is 7.13. The van der Waals surface area contributed by atoms with Gasteiger partial charge in [-0.1, -0.05) is 26.7 Å². The van der Waals surface area contributed by atoms with Crippen LogP contribution in [0.4, 0.5) is 4.79 Å². The molecule has 110 valence electrons. The summed E-state index contributed by atoms with van der Waals surface area (Å²) in [5, 5.41) is 14.8. The van der Waals surface area contributed by atoms with E-state index in [-0.39, 0.29) is 18.5 Å². The number of carbonyl (C=O) groups is 2. The number of hydrogen-bond donors (Lipinski definition) is 3. The van der Waals surface area contributed by atoms with Crippen LogP contribution in [0, 0.1) is 5.92 Å². The molecule has 0 aromatic rings. The van der Waals surface area contributed by atoms with Gasteiger partial charge in [0.15, 0.2) is 0 Å². The first kappa shape index (κ1) is 15.8. The number of aliphatic carboxylic acids is 1. The fourth-order valence-electron chi connectivity index (χ4n) is 2.95. The Morgan fingerprint density at radius 1 is 1.21 bits per heavy atom. The van der Waals surface area contributed by atoms with Crippen LogP contribution in [0.3, 0.4) is 0 Å². The third kappa shape index (κ3) is 5.49. The second kappa shape index (κ2) is 6.78. The summed E-state index contributed by atoms with van der Waals surface area (Å²) >= 11 is 0. The lowest BCUT2D eigenvalue weighted by Gasteiger charge is -2.29. The molecule has 0 aromatic carbocycles. The zero-order valence-electron chi connectivity index (χ0n) is 12.2. The van der Waals surface area contributed by atoms with Crippen molar-refractivity contribution in [2.24, 2.45) is 5.92 Å². The van der Waals surface area contributed by atoms with Crippen LogP contribution in [0.25, 0.3) is 0 Å². The summed E-state index contributed by atoms with van der Waals surface area (Å²) in [6.07, 6.45) is 4.40. The normalized spacial score (nSPS) is 19.2. The maximum absolute atomic E-state index is 12.0. The molecule has 2 amide bonds. The summed E-state index contributed by atoms with van der Waals surface area (Å²) in [5.74, 6) is -0.327. The van der Waals surface area contributed by atoms with E-state index in [1.807, 2.05) is 6.92 Å². The highest BCUT2D eigenvalue weighted by atomic mass is 16.4. The quantitative estimate of drug-likeness (QED) is 0.694. The summed E-state index contributed by atoms with van der Waals surface area (Å²) in [6, 6.07) is -0.139. The number of carboxylic acids is 1. The van der Waals surface area contributed by atoms with Crippen LogP contribution in [-0.2, 0) is 4.79 Å². The average molecular weight is 270 g/mol. The van der Waals surface area contributed by atoms with Crippen molar-refractivity contribution in [1.29, 1.82) is 0 Å². The van der Waals surface area contributed by atoms with Crippen molar-refractivity contribution >= 4 is 12.0 Å². The second-order valence-corrected chi connectivity index (χ2v) is 6.19. The van der Waals surface area contributed by atoms with Crippen LogP contribution in [0.2, 0.25) is 0 Å². The molecule has 0 bridgehead atoms. The lowest BCUT2D eigenvalue weighted by molar-refractivity contribution is -0.138. The molecule has 1 aliphatic carbocycles. The summed E-state index contributed by atoms with van der Waals surface area (Å²) in [5.41, 5.74) is -0.548. The molecule has 3 N–H and O–H groups in total. The monoisotopic (exact) mass is 270 g/mol. The first-order valence-corrected chi connectivity index (χ1v) is 7.13. The predicted molar refractivity (Wildman–Crippen MR) is 74.0 cm³/mol. The Kier molecular flexibility index (Phi) is 5.63. The van der Waals surface area contributed by atoms with Crippen LogP contribution >= 0.6 is 0 Å². The molecule has 1 fully saturated rings. The van der Waals surface area contributed by atoms with Gasteiger partial charge in [0, 0.05) is 6.04 Å². The molecule has 1 saturated carbocycles. The van der Waals surface area contributed by atoms with Gasteiger partial charge in [0.1, 0.15) is 0 Å². The molecule has 1 atom stereocenters. The van der Waals surface area contributed by atoms with Gasteiger partial charge in [-0.2, -0.15) is 0 Å². The van der Waals surface area contributed by atoms with Crippen molar-refractivity contribution in [3.8, 4) is 0 Å². The fourth-order valence-corrected chi connectivity index (χ4v) is 2.95. The van der Waals surface area contributed by atoms with Gasteiger partial charge >= 0.3 is 12.0 Å². The number of hydrogen-bond acceptors (Lipinski definition) is 2. The smallest absolute Gasteiger partial charge is 0.315 e. The van der Waals surface area contributed by atoms with E-state index >= 15 is 0 Å². The van der Waals surface area contributed by atoms with E-state index < -0.39 is 11.5 Å². The number of nitrogens with one attached hydrogen (secondary N) is 2. The van der Waals surface area contributed by atoms with Crippen LogP contribution in [0.1, 0.15) is 59.3 Å². The summed E-state index contributed by atoms with van der Waals surface area (Å²) in [6.45, 7) is 6.19. The summed E-state index contributed by atoms with van der Waals surface area (Å²) < 4.78 is 0. The number of urea groups is 1. The van der Waals surface area contributed by atoms with Crippen molar-refractivity contribution in [1.82, 2.24) is 10.6 Å². The Hall–Kier alpha value is -1.26. The zero-order chi connectivity index (χ0) is 14.5. The molecule has 1 rings (SSSR count). The third-order valence-electron chi connectivity index (χ3n) is 3.63. The van der Waals surface area contributed by atoms with Gasteiger partial charge in [-0.25, -0.2) is 4.79 Å². The Bertz CT molecular complexity index is 323. The number of rotatable bonds is 6. The minimum absolute atomic E-state index is 0.0129. The SMILES string of the molecule is CC(C)CC(C)NC(=O)NC1(CC(=O)O)CCCC1. The van der Waals surface area contributed by atoms with Gasteiger partial charge in [0.05, 0.1) is 12.0 Å². The molecule has 0 saturated heterocycles. The topological polar surface area (TPSA) is 78.4 Å². The van der Waals surface area contributed by atoms with E-state index in [0.29, 0.717) is 5.92 Å². The fraction of sp³-hybridized carbons (Fsp3) is 0.857. The number of carboxylic acid groups (broad SMARTS) is 1. The highest BCUT2D eigenvalue weighted by molar-refractivity contribution is 5.77. The van der Waals surface area contributed by atoms with Crippen molar-refractivity contribution in [2.75, 3.05) is 0 Å². The number of amides is 2. The Morgan fingerprint density at radius 2 is 1.79 bits per heavy atom. The van der Waals surface area contributed by atoms with E-state index in [4.69, 9.17) is 5.11 Å². The molecule has 1 aliphatic rings. The van der Waals surface area contributed by atoms with Gasteiger partial charge in [-0.05, 0) is 32.1 Å². The van der Waals surface area contributed by atoms with Crippen LogP contribution in [0.15, 0.2) is 0 Å². The molecular formula is C14H26N2O3. The molecule has 0 radical (unpaired) electrons. The van der Waals surface area contributed by atoms with Gasteiger partial charge in [-0.3, -0.25) is 4.79 Å². The average Bonchev–Trinajstić information content (AvgIpc) is 2.62. The highest BCUT2D eigenvalue weighted by Gasteiger charge is 2.37. The van der Waals surface area contributed by atoms with Crippen LogP contribution in [-0.4, -0.2) is 28.7 Å². The molecule has 0 aliphatic heterocycles. The Balaban J connectivity index is 2.50. The number of carbonyl (C=O) groups excluding carboxylic acids is 1. The largest absolute Gasteiger partial charge is 0.481 e. The predicted octanol–water partition coefficient (Wildman–Crippen LogP) is 2.51. The van der Waals surface area contributed by atoms with Crippen molar-refractivity contribution < 1.29 is 14.7 Å². The Morgan fingerprint density at radius 3 is 2.26 bits per heavy atom. The maximum atomic E-state index is 12.0. The molecule has 0 aromatic heterocycles. The van der Waals surface area contributed by atoms with Gasteiger partial charge in [0.2, 0.25) is 0 Å². The third-order valence-corrected chi connectivity index (χ3v) is 3.63. The maximum Gasteiger partial charge on any atom is 0.315 e. The lowest BCUT2D eigenvalue weighted by Crippen LogP contribution is -2.53. The Labute approximate surface area is 115 Å². The zero-order valence-corrected chi connectivity index (χ0v) is 12.2. The molecule has 19 heavy (non-hydrogen) atoms. The van der Waals surface area contributed by atoms with Gasteiger partial charge < -0.3 is 15.7 Å². The molecule has 0 heterocycles. The van der Waals surface area contributed by atoms with E-state index in [2.05, 4.69) is 24.5 Å². The molecule has 5 nitrogen and oxygen atoms in total. The summed E-state index contributed by atoms with van der Waals surface area (Å²) in [4.78, 5) is 22.9. The van der Waals surface area contributed by atoms with E-state index in [0.717, 1.165) is 32.1 Å². The highest BCUT2D eigenvalue weighted by Crippen LogP contribution is 2.32.